The fourth-order valence-electron chi connectivity index (χ4n) is 2.28. The zero-order valence-corrected chi connectivity index (χ0v) is 15.3. The van der Waals surface area contributed by atoms with Crippen molar-refractivity contribution in [2.24, 2.45) is 5.73 Å². The number of carboxylic acids is 2. The molecular weight excluding hydrogens is 348 g/mol. The van der Waals surface area contributed by atoms with E-state index in [0.717, 1.165) is 10.9 Å². The number of aromatic nitrogens is 1. The predicted octanol–water partition coefficient (Wildman–Crippen LogP) is 1.61. The van der Waals surface area contributed by atoms with Crippen LogP contribution in [-0.2, 0) is 16.0 Å². The number of aliphatic carboxylic acids is 2. The summed E-state index contributed by atoms with van der Waals surface area (Å²) in [6.45, 7) is 3.64. The van der Waals surface area contributed by atoms with Crippen LogP contribution in [0.1, 0.15) is 25.8 Å². The van der Waals surface area contributed by atoms with Gasteiger partial charge in [-0.05, 0) is 25.5 Å². The van der Waals surface area contributed by atoms with Crippen LogP contribution in [0.4, 0.5) is 0 Å². The number of para-hydroxylation sites is 1. The molecule has 0 spiro atoms. The molecule has 1 aromatic carbocycles. The van der Waals surface area contributed by atoms with E-state index in [-0.39, 0.29) is 6.42 Å². The quantitative estimate of drug-likeness (QED) is 0.489. The predicted molar refractivity (Wildman–Crippen MR) is 104 cm³/mol. The van der Waals surface area contributed by atoms with Gasteiger partial charge in [0.2, 0.25) is 0 Å². The summed E-state index contributed by atoms with van der Waals surface area (Å²) < 4.78 is 0. The summed E-state index contributed by atoms with van der Waals surface area (Å²) in [5.41, 5.74) is 4.52. The number of nitrogens with one attached hydrogen (secondary N) is 1. The molecular formula is C20H24N2O5. The van der Waals surface area contributed by atoms with E-state index in [1.807, 2.05) is 26.0 Å². The van der Waals surface area contributed by atoms with Crippen molar-refractivity contribution in [3.63, 3.8) is 0 Å². The van der Waals surface area contributed by atoms with Gasteiger partial charge in [-0.1, -0.05) is 18.2 Å². The van der Waals surface area contributed by atoms with Gasteiger partial charge in [-0.2, -0.15) is 0 Å². The number of hydrogen-bond donors (Lipinski definition) is 5. The Morgan fingerprint density at radius 2 is 1.78 bits per heavy atom. The standard InChI is InChI=1S/C14H16N2O5.C4H6.C2H2/c15-10(12(17)18)6-14(21,13(19)20)5-8-7-16-11-4-2-1-3-9(8)11;1-3-4-2;1-2/h1-4,7,10,16,21H,5-6,15H2,(H,17,18)(H,19,20);1-2H3;1-2H. The number of rotatable bonds is 6. The largest absolute Gasteiger partial charge is 0.480 e. The van der Waals surface area contributed by atoms with E-state index in [4.69, 9.17) is 10.8 Å². The molecule has 0 aliphatic heterocycles. The van der Waals surface area contributed by atoms with Gasteiger partial charge in [-0.15, -0.1) is 24.7 Å². The Kier molecular flexibility index (Phi) is 10.0. The van der Waals surface area contributed by atoms with Gasteiger partial charge >= 0.3 is 11.9 Å². The van der Waals surface area contributed by atoms with E-state index in [1.165, 1.54) is 0 Å². The first-order valence-corrected chi connectivity index (χ1v) is 7.91. The van der Waals surface area contributed by atoms with Crippen molar-refractivity contribution in [3.8, 4) is 24.7 Å². The molecule has 2 aromatic rings. The van der Waals surface area contributed by atoms with Gasteiger partial charge in [0.05, 0.1) is 0 Å². The van der Waals surface area contributed by atoms with E-state index < -0.39 is 30.0 Å². The van der Waals surface area contributed by atoms with Crippen molar-refractivity contribution in [2.75, 3.05) is 0 Å². The van der Waals surface area contributed by atoms with Crippen LogP contribution in [0.15, 0.2) is 30.5 Å². The number of terminal acetylenes is 1. The third-order valence-corrected chi connectivity index (χ3v) is 3.68. The first kappa shape index (κ1) is 23.7. The molecule has 7 nitrogen and oxygen atoms in total. The van der Waals surface area contributed by atoms with E-state index in [1.54, 1.807) is 18.3 Å². The zero-order valence-electron chi connectivity index (χ0n) is 15.3. The van der Waals surface area contributed by atoms with Crippen molar-refractivity contribution in [1.82, 2.24) is 4.98 Å². The molecule has 27 heavy (non-hydrogen) atoms. The molecule has 7 heteroatoms. The van der Waals surface area contributed by atoms with Crippen molar-refractivity contribution < 1.29 is 24.9 Å². The van der Waals surface area contributed by atoms with Crippen LogP contribution in [-0.4, -0.2) is 43.9 Å². The first-order chi connectivity index (χ1) is 12.7. The highest BCUT2D eigenvalue weighted by Gasteiger charge is 2.40. The Hall–Kier alpha value is -3.26. The number of aliphatic hydroxyl groups is 1. The minimum atomic E-state index is -2.23. The van der Waals surface area contributed by atoms with Crippen LogP contribution in [0, 0.1) is 24.7 Å². The highest BCUT2D eigenvalue weighted by Crippen LogP contribution is 2.25. The van der Waals surface area contributed by atoms with E-state index in [2.05, 4.69) is 29.7 Å². The van der Waals surface area contributed by atoms with Crippen molar-refractivity contribution >= 4 is 22.8 Å². The molecule has 1 heterocycles. The summed E-state index contributed by atoms with van der Waals surface area (Å²) in [4.78, 5) is 25.1. The van der Waals surface area contributed by atoms with Crippen LogP contribution < -0.4 is 5.73 Å². The van der Waals surface area contributed by atoms with Crippen LogP contribution >= 0.6 is 0 Å². The van der Waals surface area contributed by atoms with E-state index in [9.17, 15) is 19.8 Å². The maximum absolute atomic E-state index is 11.3. The minimum absolute atomic E-state index is 0.229. The van der Waals surface area contributed by atoms with Gasteiger partial charge in [0.15, 0.2) is 5.60 Å². The van der Waals surface area contributed by atoms with Crippen molar-refractivity contribution in [2.45, 2.75) is 38.3 Å². The summed E-state index contributed by atoms with van der Waals surface area (Å²) in [5.74, 6) is 2.51. The van der Waals surface area contributed by atoms with Crippen LogP contribution in [0.3, 0.4) is 0 Å². The summed E-state index contributed by atoms with van der Waals surface area (Å²) in [7, 11) is 0. The molecule has 6 N–H and O–H groups in total. The van der Waals surface area contributed by atoms with Gasteiger partial charge in [-0.25, -0.2) is 4.79 Å². The van der Waals surface area contributed by atoms with Crippen LogP contribution in [0.2, 0.25) is 0 Å². The molecule has 2 unspecified atom stereocenters. The number of H-pyrrole nitrogens is 1. The normalized spacial score (nSPS) is 12.7. The lowest BCUT2D eigenvalue weighted by Crippen LogP contribution is -2.48. The average molecular weight is 372 g/mol. The second-order valence-electron chi connectivity index (χ2n) is 5.52. The SMILES string of the molecule is C#C.CC#CC.NC(CC(O)(Cc1c[nH]c2ccccc12)C(=O)O)C(=O)O. The number of carboxylic acid groups (broad SMARTS) is 2. The smallest absolute Gasteiger partial charge is 0.336 e. The molecule has 144 valence electrons. The van der Waals surface area contributed by atoms with Crippen molar-refractivity contribution in [3.05, 3.63) is 36.0 Å². The number of nitrogens with two attached hydrogens (primary N) is 1. The Bertz CT molecular complexity index is 838. The summed E-state index contributed by atoms with van der Waals surface area (Å²) in [5, 5.41) is 29.1. The molecule has 2 atom stereocenters. The Morgan fingerprint density at radius 1 is 1.22 bits per heavy atom. The molecule has 2 rings (SSSR count). The third-order valence-electron chi connectivity index (χ3n) is 3.68. The molecule has 0 radical (unpaired) electrons. The van der Waals surface area contributed by atoms with Gasteiger partial charge in [0, 0.05) is 29.9 Å². The van der Waals surface area contributed by atoms with E-state index >= 15 is 0 Å². The second kappa shape index (κ2) is 11.4. The summed E-state index contributed by atoms with van der Waals surface area (Å²) in [6.07, 6.45) is 8.80. The maximum atomic E-state index is 11.3. The molecule has 0 aliphatic carbocycles. The minimum Gasteiger partial charge on any atom is -0.480 e. The second-order valence-corrected chi connectivity index (χ2v) is 5.52. The molecule has 0 saturated carbocycles. The molecule has 0 fully saturated rings. The fourth-order valence-corrected chi connectivity index (χ4v) is 2.28. The Labute approximate surface area is 158 Å². The van der Waals surface area contributed by atoms with Crippen LogP contribution in [0.25, 0.3) is 10.9 Å². The van der Waals surface area contributed by atoms with Crippen molar-refractivity contribution in [1.29, 1.82) is 0 Å². The van der Waals surface area contributed by atoms with Gasteiger partial charge < -0.3 is 26.0 Å². The van der Waals surface area contributed by atoms with Gasteiger partial charge in [0.1, 0.15) is 6.04 Å². The molecule has 0 saturated heterocycles. The zero-order chi connectivity index (χ0) is 21.0. The lowest BCUT2D eigenvalue weighted by atomic mass is 9.88. The number of fused-ring (bicyclic) bond motifs is 1. The monoisotopic (exact) mass is 372 g/mol. The molecule has 1 aromatic heterocycles. The average Bonchev–Trinajstić information content (AvgIpc) is 3.06. The van der Waals surface area contributed by atoms with Crippen LogP contribution in [0.5, 0.6) is 0 Å². The highest BCUT2D eigenvalue weighted by atomic mass is 16.4. The van der Waals surface area contributed by atoms with Gasteiger partial charge in [-0.3, -0.25) is 4.79 Å². The Balaban J connectivity index is 0.000000998. The Morgan fingerprint density at radius 3 is 2.26 bits per heavy atom. The molecule has 0 aliphatic rings. The maximum Gasteiger partial charge on any atom is 0.336 e. The lowest BCUT2D eigenvalue weighted by molar-refractivity contribution is -0.160. The summed E-state index contributed by atoms with van der Waals surface area (Å²) in [6, 6.07) is 5.79. The summed E-state index contributed by atoms with van der Waals surface area (Å²) >= 11 is 0. The third kappa shape index (κ3) is 6.87. The van der Waals surface area contributed by atoms with Gasteiger partial charge in [0.25, 0.3) is 0 Å². The number of benzene rings is 1. The molecule has 0 amide bonds. The highest BCUT2D eigenvalue weighted by molar-refractivity contribution is 5.85. The van der Waals surface area contributed by atoms with E-state index in [0.29, 0.717) is 5.56 Å². The fraction of sp³-hybridized carbons (Fsp3) is 0.300. The molecule has 0 bridgehead atoms. The first-order valence-electron chi connectivity index (χ1n) is 7.91. The number of aromatic amines is 1. The topological polar surface area (TPSA) is 137 Å². The number of carbonyl (C=O) groups is 2. The lowest BCUT2D eigenvalue weighted by Gasteiger charge is -2.24. The number of hydrogen-bond acceptors (Lipinski definition) is 4.